The van der Waals surface area contributed by atoms with Gasteiger partial charge in [-0.3, -0.25) is 10.1 Å². The number of nitrogens with one attached hydrogen (secondary N) is 1. The van der Waals surface area contributed by atoms with Gasteiger partial charge >= 0.3 is 0 Å². The second kappa shape index (κ2) is 2.59. The van der Waals surface area contributed by atoms with Gasteiger partial charge in [0.2, 0.25) is 0 Å². The van der Waals surface area contributed by atoms with Crippen molar-refractivity contribution in [1.82, 2.24) is 15.2 Å². The van der Waals surface area contributed by atoms with E-state index < -0.39 is 0 Å². The van der Waals surface area contributed by atoms with Crippen molar-refractivity contribution in [3.8, 4) is 0 Å². The molecular formula is C9H13N3. The van der Waals surface area contributed by atoms with Gasteiger partial charge in [0, 0.05) is 7.62 Å². The highest BCUT2D eigenvalue weighted by atomic mass is 15.1. The Morgan fingerprint density at radius 2 is 2.25 bits per heavy atom. The summed E-state index contributed by atoms with van der Waals surface area (Å²) in [6.45, 7) is 4.30. The maximum absolute atomic E-state index is 4.27. The van der Waals surface area contributed by atoms with Crippen molar-refractivity contribution in [3.63, 3.8) is 0 Å². The van der Waals surface area contributed by atoms with Crippen molar-refractivity contribution in [2.75, 3.05) is 0 Å². The molecule has 0 saturated heterocycles. The van der Waals surface area contributed by atoms with Crippen LogP contribution in [0.3, 0.4) is 0 Å². The number of pyridine rings is 1. The van der Waals surface area contributed by atoms with Crippen LogP contribution in [0.4, 0.5) is 0 Å². The summed E-state index contributed by atoms with van der Waals surface area (Å²) < 4.78 is 0. The molecule has 2 heterocycles. The quantitative estimate of drug-likeness (QED) is 0.701. The molecule has 0 bridgehead atoms. The number of nitrogens with zero attached hydrogens (tertiary/aromatic N) is 2. The lowest BCUT2D eigenvalue weighted by Crippen LogP contribution is -1.88. The molecule has 1 N–H and O–H groups in total. The molecule has 0 spiro atoms. The van der Waals surface area contributed by atoms with Crippen LogP contribution in [0.1, 0.15) is 26.8 Å². The summed E-state index contributed by atoms with van der Waals surface area (Å²) in [5.74, 6) is 0.519. The summed E-state index contributed by atoms with van der Waals surface area (Å²) in [7, 11) is 0. The maximum atomic E-state index is 4.27. The molecule has 0 radical (unpaired) electrons. The predicted molar refractivity (Wildman–Crippen MR) is 50.1 cm³/mol. The molecule has 0 amide bonds. The highest BCUT2D eigenvalue weighted by Gasteiger charge is 2.01. The van der Waals surface area contributed by atoms with E-state index in [0.717, 1.165) is 11.0 Å². The van der Waals surface area contributed by atoms with Crippen LogP contribution in [0.15, 0.2) is 18.5 Å². The van der Waals surface area contributed by atoms with Crippen LogP contribution in [0.25, 0.3) is 11.0 Å². The maximum Gasteiger partial charge on any atom is 0.108 e. The lowest BCUT2D eigenvalue weighted by atomic mass is 10.1. The van der Waals surface area contributed by atoms with Gasteiger partial charge in [0.05, 0.1) is 11.7 Å². The topological polar surface area (TPSA) is 41.6 Å². The fourth-order valence-corrected chi connectivity index (χ4v) is 1.16. The van der Waals surface area contributed by atoms with Gasteiger partial charge in [-0.2, -0.15) is 5.10 Å². The number of aromatic nitrogens is 3. The Kier molecular flexibility index (Phi) is 1.57. The summed E-state index contributed by atoms with van der Waals surface area (Å²) in [6.07, 6.45) is 3.64. The molecule has 64 valence electrons. The van der Waals surface area contributed by atoms with Crippen LogP contribution in [0.5, 0.6) is 0 Å². The molecule has 0 aliphatic heterocycles. The van der Waals surface area contributed by atoms with Crippen molar-refractivity contribution in [2.24, 2.45) is 0 Å². The van der Waals surface area contributed by atoms with Crippen LogP contribution >= 0.6 is 0 Å². The van der Waals surface area contributed by atoms with Crippen molar-refractivity contribution < 1.29 is 1.43 Å². The Morgan fingerprint density at radius 3 is 3.00 bits per heavy atom. The molecule has 0 atom stereocenters. The molecule has 0 fully saturated rings. The molecule has 3 nitrogen and oxygen atoms in total. The molecule has 2 aromatic rings. The summed E-state index contributed by atoms with van der Waals surface area (Å²) in [4.78, 5) is 4.27. The number of rotatable bonds is 1. The largest absolute Gasteiger partial charge is 0.276 e. The molecular weight excluding hydrogens is 150 g/mol. The van der Waals surface area contributed by atoms with Gasteiger partial charge in [0.1, 0.15) is 5.52 Å². The monoisotopic (exact) mass is 163 g/mol. The Morgan fingerprint density at radius 1 is 1.42 bits per heavy atom. The third kappa shape index (κ3) is 1.07. The highest BCUT2D eigenvalue weighted by molar-refractivity contribution is 5.73. The van der Waals surface area contributed by atoms with Crippen LogP contribution in [-0.2, 0) is 0 Å². The highest BCUT2D eigenvalue weighted by Crippen LogP contribution is 2.16. The van der Waals surface area contributed by atoms with Crippen molar-refractivity contribution in [2.45, 2.75) is 19.8 Å². The first kappa shape index (κ1) is 7.28. The molecule has 3 heteroatoms. The van der Waals surface area contributed by atoms with Crippen molar-refractivity contribution >= 4 is 11.0 Å². The third-order valence-corrected chi connectivity index (χ3v) is 1.98. The zero-order chi connectivity index (χ0) is 8.55. The summed E-state index contributed by atoms with van der Waals surface area (Å²) in [6, 6.07) is 2.10. The number of hydrogen-bond donors (Lipinski definition) is 1. The Bertz CT molecular complexity index is 394. The molecule has 12 heavy (non-hydrogen) atoms. The van der Waals surface area contributed by atoms with E-state index in [2.05, 4.69) is 35.1 Å². The minimum Gasteiger partial charge on any atom is -0.276 e. The van der Waals surface area contributed by atoms with E-state index in [1.54, 1.807) is 6.20 Å². The zero-order valence-electron chi connectivity index (χ0n) is 7.20. The van der Waals surface area contributed by atoms with Crippen LogP contribution in [-0.4, -0.2) is 15.2 Å². The number of fused-ring (bicyclic) bond motifs is 1. The van der Waals surface area contributed by atoms with Crippen LogP contribution in [0.2, 0.25) is 0 Å². The molecule has 0 saturated carbocycles. The normalized spacial score (nSPS) is 11.2. The summed E-state index contributed by atoms with van der Waals surface area (Å²) >= 11 is 0. The van der Waals surface area contributed by atoms with E-state index in [1.165, 1.54) is 5.56 Å². The standard InChI is InChI=1S/C9H11N3.H2/c1-6(2)7-3-8-9(10-4-7)5-11-12-8;/h3-6H,1-2H3,(H,11,12);1H. The van der Waals surface area contributed by atoms with Gasteiger partial charge in [-0.05, 0) is 17.5 Å². The first-order valence-corrected chi connectivity index (χ1v) is 4.06. The van der Waals surface area contributed by atoms with E-state index in [0.29, 0.717) is 5.92 Å². The summed E-state index contributed by atoms with van der Waals surface area (Å²) in [5, 5.41) is 6.82. The molecule has 2 rings (SSSR count). The second-order valence-electron chi connectivity index (χ2n) is 3.23. The van der Waals surface area contributed by atoms with Crippen LogP contribution in [0, 0.1) is 0 Å². The molecule has 0 unspecified atom stereocenters. The van der Waals surface area contributed by atoms with Gasteiger partial charge in [0.25, 0.3) is 0 Å². The smallest absolute Gasteiger partial charge is 0.108 e. The van der Waals surface area contributed by atoms with Gasteiger partial charge in [-0.1, -0.05) is 13.8 Å². The van der Waals surface area contributed by atoms with E-state index in [9.17, 15) is 0 Å². The fourth-order valence-electron chi connectivity index (χ4n) is 1.16. The number of H-pyrrole nitrogens is 1. The van der Waals surface area contributed by atoms with Gasteiger partial charge in [-0.15, -0.1) is 0 Å². The van der Waals surface area contributed by atoms with E-state index in [4.69, 9.17) is 0 Å². The predicted octanol–water partition coefficient (Wildman–Crippen LogP) is 2.33. The van der Waals surface area contributed by atoms with Crippen molar-refractivity contribution in [3.05, 3.63) is 24.0 Å². The Hall–Kier alpha value is -1.38. The lowest BCUT2D eigenvalue weighted by molar-refractivity contribution is 0.861. The first-order chi connectivity index (χ1) is 5.77. The lowest BCUT2D eigenvalue weighted by Gasteiger charge is -2.02. The summed E-state index contributed by atoms with van der Waals surface area (Å²) in [5.41, 5.74) is 3.19. The number of hydrogen-bond acceptors (Lipinski definition) is 2. The average molecular weight is 163 g/mol. The fraction of sp³-hybridized carbons (Fsp3) is 0.333. The molecule has 0 aliphatic carbocycles. The first-order valence-electron chi connectivity index (χ1n) is 4.06. The van der Waals surface area contributed by atoms with E-state index >= 15 is 0 Å². The SMILES string of the molecule is CC(C)c1cnc2cn[nH]c2c1.[HH]. The minimum atomic E-state index is 0. The van der Waals surface area contributed by atoms with Crippen LogP contribution < -0.4 is 0 Å². The average Bonchev–Trinajstić information content (AvgIpc) is 2.49. The van der Waals surface area contributed by atoms with Gasteiger partial charge in [0.15, 0.2) is 0 Å². The minimum absolute atomic E-state index is 0. The van der Waals surface area contributed by atoms with Crippen molar-refractivity contribution in [1.29, 1.82) is 0 Å². The second-order valence-corrected chi connectivity index (χ2v) is 3.23. The third-order valence-electron chi connectivity index (χ3n) is 1.98. The molecule has 2 aromatic heterocycles. The Labute approximate surface area is 72.3 Å². The number of aromatic amines is 1. The molecule has 0 aliphatic rings. The zero-order valence-corrected chi connectivity index (χ0v) is 7.20. The van der Waals surface area contributed by atoms with E-state index in [1.807, 2.05) is 6.20 Å². The van der Waals surface area contributed by atoms with Gasteiger partial charge in [-0.25, -0.2) is 0 Å². The van der Waals surface area contributed by atoms with E-state index in [-0.39, 0.29) is 1.43 Å². The Balaban J connectivity index is 0.000000845. The molecule has 0 aromatic carbocycles. The van der Waals surface area contributed by atoms with Gasteiger partial charge < -0.3 is 0 Å².